The van der Waals surface area contributed by atoms with Crippen molar-refractivity contribution in [2.75, 3.05) is 32.1 Å². The first kappa shape index (κ1) is 17.0. The summed E-state index contributed by atoms with van der Waals surface area (Å²) in [5.41, 5.74) is 2.61. The molecule has 0 aliphatic heterocycles. The summed E-state index contributed by atoms with van der Waals surface area (Å²) in [6, 6.07) is 8.12. The van der Waals surface area contributed by atoms with E-state index in [0.29, 0.717) is 18.5 Å². The van der Waals surface area contributed by atoms with Crippen molar-refractivity contribution >= 4 is 11.6 Å². The van der Waals surface area contributed by atoms with Crippen LogP contribution in [0.2, 0.25) is 0 Å². The molecule has 5 heteroatoms. The van der Waals surface area contributed by atoms with Crippen LogP contribution in [0.4, 0.5) is 5.69 Å². The maximum atomic E-state index is 11.3. The molecule has 0 unspecified atom stereocenters. The van der Waals surface area contributed by atoms with Crippen LogP contribution < -0.4 is 15.5 Å². The van der Waals surface area contributed by atoms with Crippen molar-refractivity contribution < 1.29 is 4.79 Å². The molecule has 0 bridgehead atoms. The topological polar surface area (TPSA) is 68.2 Å². The molecule has 0 atom stereocenters. The Kier molecular flexibility index (Phi) is 7.27. The SMILES string of the molecule is CCCNCc1ccc(N(C)CCC(=O)NC)c(C#N)c1. The van der Waals surface area contributed by atoms with Crippen LogP contribution >= 0.6 is 0 Å². The third-order valence-electron chi connectivity index (χ3n) is 3.30. The maximum absolute atomic E-state index is 11.3. The summed E-state index contributed by atoms with van der Waals surface area (Å²) < 4.78 is 0. The van der Waals surface area contributed by atoms with Crippen LogP contribution in [0.1, 0.15) is 30.9 Å². The van der Waals surface area contributed by atoms with Gasteiger partial charge in [0.1, 0.15) is 6.07 Å². The van der Waals surface area contributed by atoms with Crippen molar-refractivity contribution in [3.05, 3.63) is 29.3 Å². The molecule has 0 spiro atoms. The van der Waals surface area contributed by atoms with Gasteiger partial charge < -0.3 is 15.5 Å². The smallest absolute Gasteiger partial charge is 0.221 e. The zero-order valence-corrected chi connectivity index (χ0v) is 13.1. The molecule has 1 amide bonds. The third-order valence-corrected chi connectivity index (χ3v) is 3.30. The van der Waals surface area contributed by atoms with E-state index in [0.717, 1.165) is 30.8 Å². The number of nitrogens with zero attached hydrogens (tertiary/aromatic N) is 2. The average molecular weight is 288 g/mol. The van der Waals surface area contributed by atoms with E-state index in [1.54, 1.807) is 7.05 Å². The second-order valence-corrected chi connectivity index (χ2v) is 4.98. The minimum absolute atomic E-state index is 0.000688. The Labute approximate surface area is 126 Å². The first-order valence-electron chi connectivity index (χ1n) is 7.27. The van der Waals surface area contributed by atoms with Gasteiger partial charge in [-0.3, -0.25) is 4.79 Å². The van der Waals surface area contributed by atoms with Crippen LogP contribution in [0.5, 0.6) is 0 Å². The van der Waals surface area contributed by atoms with E-state index < -0.39 is 0 Å². The van der Waals surface area contributed by atoms with E-state index in [1.165, 1.54) is 0 Å². The van der Waals surface area contributed by atoms with Crippen LogP contribution in [0, 0.1) is 11.3 Å². The number of anilines is 1. The highest BCUT2D eigenvalue weighted by molar-refractivity contribution is 5.76. The van der Waals surface area contributed by atoms with Gasteiger partial charge >= 0.3 is 0 Å². The number of hydrogen-bond donors (Lipinski definition) is 2. The summed E-state index contributed by atoms with van der Waals surface area (Å²) in [4.78, 5) is 13.2. The Morgan fingerprint density at radius 3 is 2.81 bits per heavy atom. The first-order chi connectivity index (χ1) is 10.1. The second-order valence-electron chi connectivity index (χ2n) is 4.98. The fraction of sp³-hybridized carbons (Fsp3) is 0.500. The molecule has 0 aliphatic carbocycles. The molecule has 21 heavy (non-hydrogen) atoms. The lowest BCUT2D eigenvalue weighted by Crippen LogP contribution is -2.26. The number of nitrogens with one attached hydrogen (secondary N) is 2. The zero-order chi connectivity index (χ0) is 15.7. The summed E-state index contributed by atoms with van der Waals surface area (Å²) in [5, 5.41) is 15.2. The molecule has 1 aromatic rings. The predicted octanol–water partition coefficient (Wildman–Crippen LogP) is 1.63. The lowest BCUT2D eigenvalue weighted by atomic mass is 10.1. The summed E-state index contributed by atoms with van der Waals surface area (Å²) in [5.74, 6) is 0.000688. The highest BCUT2D eigenvalue weighted by Crippen LogP contribution is 2.20. The van der Waals surface area contributed by atoms with Gasteiger partial charge in [-0.1, -0.05) is 13.0 Å². The number of carbonyl (C=O) groups is 1. The molecule has 0 radical (unpaired) electrons. The van der Waals surface area contributed by atoms with Crippen molar-refractivity contribution in [2.45, 2.75) is 26.3 Å². The van der Waals surface area contributed by atoms with Crippen molar-refractivity contribution in [3.8, 4) is 6.07 Å². The van der Waals surface area contributed by atoms with E-state index in [4.69, 9.17) is 0 Å². The number of hydrogen-bond acceptors (Lipinski definition) is 4. The zero-order valence-electron chi connectivity index (χ0n) is 13.1. The number of benzene rings is 1. The molecule has 2 N–H and O–H groups in total. The summed E-state index contributed by atoms with van der Waals surface area (Å²) in [6.45, 7) is 4.44. The van der Waals surface area contributed by atoms with Gasteiger partial charge in [-0.15, -0.1) is 0 Å². The number of rotatable bonds is 8. The Bertz CT molecular complexity index is 507. The van der Waals surface area contributed by atoms with Gasteiger partial charge in [0.05, 0.1) is 11.3 Å². The molecular weight excluding hydrogens is 264 g/mol. The van der Waals surface area contributed by atoms with Gasteiger partial charge in [0.25, 0.3) is 0 Å². The number of nitriles is 1. The average Bonchev–Trinajstić information content (AvgIpc) is 2.52. The van der Waals surface area contributed by atoms with Gasteiger partial charge in [0.2, 0.25) is 5.91 Å². The van der Waals surface area contributed by atoms with Crippen molar-refractivity contribution in [3.63, 3.8) is 0 Å². The normalized spacial score (nSPS) is 10.0. The van der Waals surface area contributed by atoms with Crippen molar-refractivity contribution in [2.24, 2.45) is 0 Å². The molecule has 1 rings (SSSR count). The molecule has 0 aliphatic rings. The van der Waals surface area contributed by atoms with E-state index in [-0.39, 0.29) is 5.91 Å². The fourth-order valence-corrected chi connectivity index (χ4v) is 2.04. The molecule has 0 saturated carbocycles. The minimum Gasteiger partial charge on any atom is -0.373 e. The highest BCUT2D eigenvalue weighted by atomic mass is 16.1. The first-order valence-corrected chi connectivity index (χ1v) is 7.27. The quantitative estimate of drug-likeness (QED) is 0.713. The van der Waals surface area contributed by atoms with Crippen LogP contribution in [-0.2, 0) is 11.3 Å². The largest absolute Gasteiger partial charge is 0.373 e. The van der Waals surface area contributed by atoms with Crippen LogP contribution in [0.15, 0.2) is 18.2 Å². The molecule has 0 heterocycles. The molecule has 1 aromatic carbocycles. The fourth-order valence-electron chi connectivity index (χ4n) is 2.04. The van der Waals surface area contributed by atoms with E-state index >= 15 is 0 Å². The third kappa shape index (κ3) is 5.44. The Balaban J connectivity index is 2.74. The lowest BCUT2D eigenvalue weighted by Gasteiger charge is -2.20. The van der Waals surface area contributed by atoms with E-state index in [1.807, 2.05) is 30.1 Å². The Hall–Kier alpha value is -2.06. The monoisotopic (exact) mass is 288 g/mol. The van der Waals surface area contributed by atoms with Crippen LogP contribution in [0.25, 0.3) is 0 Å². The van der Waals surface area contributed by atoms with Gasteiger partial charge in [0, 0.05) is 33.6 Å². The lowest BCUT2D eigenvalue weighted by molar-refractivity contribution is -0.120. The molecule has 5 nitrogen and oxygen atoms in total. The van der Waals surface area contributed by atoms with Gasteiger partial charge in [-0.05, 0) is 30.7 Å². The summed E-state index contributed by atoms with van der Waals surface area (Å²) in [7, 11) is 3.52. The van der Waals surface area contributed by atoms with E-state index in [9.17, 15) is 10.1 Å². The van der Waals surface area contributed by atoms with Crippen molar-refractivity contribution in [1.82, 2.24) is 10.6 Å². The minimum atomic E-state index is 0.000688. The van der Waals surface area contributed by atoms with Gasteiger partial charge in [-0.25, -0.2) is 0 Å². The van der Waals surface area contributed by atoms with Crippen molar-refractivity contribution in [1.29, 1.82) is 5.26 Å². The molecular formula is C16H24N4O. The highest BCUT2D eigenvalue weighted by Gasteiger charge is 2.09. The standard InChI is InChI=1S/C16H24N4O/c1-4-8-19-12-13-5-6-15(14(10-13)11-17)20(3)9-7-16(21)18-2/h5-6,10,19H,4,7-9,12H2,1-3H3,(H,18,21). The molecule has 0 saturated heterocycles. The molecule has 114 valence electrons. The Morgan fingerprint density at radius 2 is 2.19 bits per heavy atom. The van der Waals surface area contributed by atoms with Gasteiger partial charge in [-0.2, -0.15) is 5.26 Å². The van der Waals surface area contributed by atoms with Crippen LogP contribution in [0.3, 0.4) is 0 Å². The second kappa shape index (κ2) is 8.98. The predicted molar refractivity (Wildman–Crippen MR) is 85.1 cm³/mol. The van der Waals surface area contributed by atoms with Gasteiger partial charge in [0.15, 0.2) is 0 Å². The summed E-state index contributed by atoms with van der Waals surface area (Å²) in [6.07, 6.45) is 1.50. The Morgan fingerprint density at radius 1 is 1.43 bits per heavy atom. The van der Waals surface area contributed by atoms with E-state index in [2.05, 4.69) is 23.6 Å². The number of amides is 1. The molecule has 0 fully saturated rings. The number of carbonyl (C=O) groups excluding carboxylic acids is 1. The maximum Gasteiger partial charge on any atom is 0.221 e. The summed E-state index contributed by atoms with van der Waals surface area (Å²) >= 11 is 0. The molecule has 0 aromatic heterocycles. The van der Waals surface area contributed by atoms with Crippen LogP contribution in [-0.4, -0.2) is 33.1 Å².